The third kappa shape index (κ3) is 5.30. The van der Waals surface area contributed by atoms with Crippen molar-refractivity contribution in [1.82, 2.24) is 5.32 Å². The number of hydrogen-bond donors (Lipinski definition) is 1. The van der Waals surface area contributed by atoms with Gasteiger partial charge in [0.15, 0.2) is 12.9 Å². The molecular weight excluding hydrogens is 258 g/mol. The average molecular weight is 279 g/mol. The Hall–Kier alpha value is -2.04. The predicted octanol–water partition coefficient (Wildman–Crippen LogP) is 2.05. The number of aldehydes is 1. The summed E-state index contributed by atoms with van der Waals surface area (Å²) in [7, 11) is 1.52. The van der Waals surface area contributed by atoms with Gasteiger partial charge in [-0.3, -0.25) is 9.59 Å². The lowest BCUT2D eigenvalue weighted by Gasteiger charge is -2.10. The molecular formula is C15H21NO4. The van der Waals surface area contributed by atoms with Crippen LogP contribution in [0.2, 0.25) is 0 Å². The van der Waals surface area contributed by atoms with Crippen molar-refractivity contribution >= 4 is 12.2 Å². The SMILES string of the molecule is COc1ccc(OCC(=O)NCCC(C)C)c(C=O)c1. The molecule has 0 aliphatic carbocycles. The van der Waals surface area contributed by atoms with E-state index in [9.17, 15) is 9.59 Å². The molecule has 1 amide bonds. The minimum atomic E-state index is -0.196. The molecule has 110 valence electrons. The molecule has 0 spiro atoms. The fraction of sp³-hybridized carbons (Fsp3) is 0.467. The fourth-order valence-corrected chi connectivity index (χ4v) is 1.57. The van der Waals surface area contributed by atoms with E-state index in [4.69, 9.17) is 9.47 Å². The Morgan fingerprint density at radius 2 is 2.15 bits per heavy atom. The number of ether oxygens (including phenoxy) is 2. The van der Waals surface area contributed by atoms with Gasteiger partial charge in [0.1, 0.15) is 11.5 Å². The van der Waals surface area contributed by atoms with E-state index in [1.807, 2.05) is 0 Å². The largest absolute Gasteiger partial charge is 0.497 e. The number of hydrogen-bond acceptors (Lipinski definition) is 4. The molecule has 1 N–H and O–H groups in total. The second-order valence-corrected chi connectivity index (χ2v) is 4.84. The van der Waals surface area contributed by atoms with Gasteiger partial charge in [-0.1, -0.05) is 13.8 Å². The molecule has 0 saturated carbocycles. The lowest BCUT2D eigenvalue weighted by Crippen LogP contribution is -2.30. The van der Waals surface area contributed by atoms with Crippen molar-refractivity contribution in [2.24, 2.45) is 5.92 Å². The third-order valence-corrected chi connectivity index (χ3v) is 2.75. The van der Waals surface area contributed by atoms with Crippen LogP contribution in [0, 0.1) is 5.92 Å². The standard InChI is InChI=1S/C15H21NO4/c1-11(2)6-7-16-15(18)10-20-14-5-4-13(19-3)8-12(14)9-17/h4-5,8-9,11H,6-7,10H2,1-3H3,(H,16,18). The van der Waals surface area contributed by atoms with Crippen LogP contribution in [0.25, 0.3) is 0 Å². The van der Waals surface area contributed by atoms with Crippen LogP contribution in [0.4, 0.5) is 0 Å². The Morgan fingerprint density at radius 3 is 2.75 bits per heavy atom. The lowest BCUT2D eigenvalue weighted by atomic mass is 10.1. The first-order valence-electron chi connectivity index (χ1n) is 6.59. The van der Waals surface area contributed by atoms with E-state index in [-0.39, 0.29) is 12.5 Å². The first-order chi connectivity index (χ1) is 9.56. The van der Waals surface area contributed by atoms with E-state index in [0.717, 1.165) is 6.42 Å². The summed E-state index contributed by atoms with van der Waals surface area (Å²) >= 11 is 0. The summed E-state index contributed by atoms with van der Waals surface area (Å²) in [6.07, 6.45) is 1.60. The third-order valence-electron chi connectivity index (χ3n) is 2.75. The van der Waals surface area contributed by atoms with E-state index in [2.05, 4.69) is 19.2 Å². The highest BCUT2D eigenvalue weighted by molar-refractivity contribution is 5.81. The molecule has 1 aromatic carbocycles. The first kappa shape index (κ1) is 16.0. The van der Waals surface area contributed by atoms with Crippen molar-refractivity contribution in [2.75, 3.05) is 20.3 Å². The number of carbonyl (C=O) groups excluding carboxylic acids is 2. The number of benzene rings is 1. The summed E-state index contributed by atoms with van der Waals surface area (Å²) in [6, 6.07) is 4.86. The monoisotopic (exact) mass is 279 g/mol. The molecule has 20 heavy (non-hydrogen) atoms. The van der Waals surface area contributed by atoms with Gasteiger partial charge in [-0.05, 0) is 30.5 Å². The molecule has 1 rings (SSSR count). The zero-order valence-electron chi connectivity index (χ0n) is 12.1. The molecule has 0 aliphatic heterocycles. The van der Waals surface area contributed by atoms with Gasteiger partial charge in [0.25, 0.3) is 5.91 Å². The van der Waals surface area contributed by atoms with Crippen LogP contribution in [0.1, 0.15) is 30.6 Å². The molecule has 0 aromatic heterocycles. The van der Waals surface area contributed by atoms with Gasteiger partial charge in [-0.25, -0.2) is 0 Å². The Labute approximate surface area is 119 Å². The summed E-state index contributed by atoms with van der Waals surface area (Å²) < 4.78 is 10.4. The smallest absolute Gasteiger partial charge is 0.257 e. The van der Waals surface area contributed by atoms with Crippen molar-refractivity contribution in [3.8, 4) is 11.5 Å². The highest BCUT2D eigenvalue weighted by Gasteiger charge is 2.08. The normalized spacial score (nSPS) is 10.2. The maximum atomic E-state index is 11.6. The highest BCUT2D eigenvalue weighted by atomic mass is 16.5. The first-order valence-corrected chi connectivity index (χ1v) is 6.59. The zero-order valence-corrected chi connectivity index (χ0v) is 12.1. The topological polar surface area (TPSA) is 64.6 Å². The molecule has 0 atom stereocenters. The maximum Gasteiger partial charge on any atom is 0.257 e. The van der Waals surface area contributed by atoms with Crippen LogP contribution in [-0.4, -0.2) is 32.5 Å². The Balaban J connectivity index is 2.48. The van der Waals surface area contributed by atoms with Crippen LogP contribution in [0.15, 0.2) is 18.2 Å². The van der Waals surface area contributed by atoms with Crippen molar-refractivity contribution in [1.29, 1.82) is 0 Å². The zero-order chi connectivity index (χ0) is 15.0. The minimum Gasteiger partial charge on any atom is -0.497 e. The molecule has 1 aromatic rings. The minimum absolute atomic E-state index is 0.106. The molecule has 0 aliphatic rings. The van der Waals surface area contributed by atoms with E-state index in [1.165, 1.54) is 7.11 Å². The number of amides is 1. The molecule has 0 bridgehead atoms. The quantitative estimate of drug-likeness (QED) is 0.740. The van der Waals surface area contributed by atoms with E-state index < -0.39 is 0 Å². The second kappa shape index (κ2) is 8.19. The van der Waals surface area contributed by atoms with Crippen molar-refractivity contribution in [3.63, 3.8) is 0 Å². The van der Waals surface area contributed by atoms with Crippen LogP contribution in [0.3, 0.4) is 0 Å². The van der Waals surface area contributed by atoms with Gasteiger partial charge in [-0.2, -0.15) is 0 Å². The predicted molar refractivity (Wildman–Crippen MR) is 76.3 cm³/mol. The maximum absolute atomic E-state index is 11.6. The molecule has 5 nitrogen and oxygen atoms in total. The van der Waals surface area contributed by atoms with Crippen LogP contribution < -0.4 is 14.8 Å². The summed E-state index contributed by atoms with van der Waals surface area (Å²) in [4.78, 5) is 22.5. The second-order valence-electron chi connectivity index (χ2n) is 4.84. The lowest BCUT2D eigenvalue weighted by molar-refractivity contribution is -0.123. The van der Waals surface area contributed by atoms with E-state index in [1.54, 1.807) is 18.2 Å². The highest BCUT2D eigenvalue weighted by Crippen LogP contribution is 2.22. The van der Waals surface area contributed by atoms with Crippen molar-refractivity contribution in [2.45, 2.75) is 20.3 Å². The summed E-state index contributed by atoms with van der Waals surface area (Å²) in [6.45, 7) is 4.71. The number of methoxy groups -OCH3 is 1. The van der Waals surface area contributed by atoms with Gasteiger partial charge in [0.05, 0.1) is 12.7 Å². The summed E-state index contributed by atoms with van der Waals surface area (Å²) in [5.41, 5.74) is 0.360. The molecule has 0 fully saturated rings. The Morgan fingerprint density at radius 1 is 1.40 bits per heavy atom. The molecule has 0 saturated heterocycles. The van der Waals surface area contributed by atoms with Gasteiger partial charge in [0.2, 0.25) is 0 Å². The summed E-state index contributed by atoms with van der Waals surface area (Å²) in [5.74, 6) is 1.29. The molecule has 0 radical (unpaired) electrons. The van der Waals surface area contributed by atoms with Gasteiger partial charge < -0.3 is 14.8 Å². The molecule has 0 heterocycles. The van der Waals surface area contributed by atoms with Crippen molar-refractivity contribution in [3.05, 3.63) is 23.8 Å². The number of rotatable bonds is 8. The van der Waals surface area contributed by atoms with E-state index >= 15 is 0 Å². The molecule has 5 heteroatoms. The fourth-order valence-electron chi connectivity index (χ4n) is 1.57. The van der Waals surface area contributed by atoms with Gasteiger partial charge in [-0.15, -0.1) is 0 Å². The Bertz CT molecular complexity index is 457. The van der Waals surface area contributed by atoms with Crippen LogP contribution in [-0.2, 0) is 4.79 Å². The van der Waals surface area contributed by atoms with Crippen LogP contribution in [0.5, 0.6) is 11.5 Å². The average Bonchev–Trinajstić information content (AvgIpc) is 2.44. The number of nitrogens with one attached hydrogen (secondary N) is 1. The summed E-state index contributed by atoms with van der Waals surface area (Å²) in [5, 5.41) is 2.77. The van der Waals surface area contributed by atoms with E-state index in [0.29, 0.717) is 35.8 Å². The van der Waals surface area contributed by atoms with Gasteiger partial charge in [0, 0.05) is 6.54 Å². The Kier molecular flexibility index (Phi) is 6.56. The molecule has 0 unspecified atom stereocenters. The van der Waals surface area contributed by atoms with Crippen molar-refractivity contribution < 1.29 is 19.1 Å². The van der Waals surface area contributed by atoms with Crippen LogP contribution >= 0.6 is 0 Å². The number of carbonyl (C=O) groups is 2. The van der Waals surface area contributed by atoms with Gasteiger partial charge >= 0.3 is 0 Å².